The Morgan fingerprint density at radius 2 is 2.24 bits per heavy atom. The first-order chi connectivity index (χ1) is 8.31. The maximum Gasteiger partial charge on any atom is 0.125 e. The van der Waals surface area contributed by atoms with Crippen LogP contribution in [0.1, 0.15) is 5.56 Å². The Bertz CT molecular complexity index is 731. The van der Waals surface area contributed by atoms with E-state index < -0.39 is 0 Å². The number of fused-ring (bicyclic) bond motifs is 1. The minimum absolute atomic E-state index is 0.722. The average Bonchev–Trinajstić information content (AvgIpc) is 2.91. The summed E-state index contributed by atoms with van der Waals surface area (Å²) in [5, 5.41) is 10.3. The molecule has 0 aliphatic heterocycles. The second kappa shape index (κ2) is 3.72. The van der Waals surface area contributed by atoms with E-state index in [2.05, 4.69) is 11.1 Å². The number of hydrogen-bond donors (Lipinski definition) is 0. The van der Waals surface area contributed by atoms with Crippen LogP contribution in [0.3, 0.4) is 0 Å². The van der Waals surface area contributed by atoms with E-state index in [1.807, 2.05) is 42.1 Å². The smallest absolute Gasteiger partial charge is 0.125 e. The Morgan fingerprint density at radius 3 is 2.94 bits per heavy atom. The molecule has 0 amide bonds. The molecule has 17 heavy (non-hydrogen) atoms. The highest BCUT2D eigenvalue weighted by atomic mass is 32.1. The lowest BCUT2D eigenvalue weighted by molar-refractivity contribution is 0.939. The molecule has 3 heterocycles. The first kappa shape index (κ1) is 10.1. The largest absolute Gasteiger partial charge is 0.350 e. The monoisotopic (exact) mass is 239 g/mol. The first-order valence-electron chi connectivity index (χ1n) is 5.20. The molecule has 0 N–H and O–H groups in total. The van der Waals surface area contributed by atoms with E-state index in [9.17, 15) is 5.26 Å². The molecule has 0 unspecified atom stereocenters. The second-order valence-corrected chi connectivity index (χ2v) is 4.78. The summed E-state index contributed by atoms with van der Waals surface area (Å²) >= 11 is 1.57. The van der Waals surface area contributed by atoms with Gasteiger partial charge < -0.3 is 4.57 Å². The molecule has 0 saturated carbocycles. The molecular weight excluding hydrogens is 230 g/mol. The summed E-state index contributed by atoms with van der Waals surface area (Å²) in [5.41, 5.74) is 1.78. The van der Waals surface area contributed by atoms with Gasteiger partial charge >= 0.3 is 0 Å². The topological polar surface area (TPSA) is 41.6 Å². The predicted molar refractivity (Wildman–Crippen MR) is 68.7 cm³/mol. The number of aryl methyl sites for hydroxylation is 1. The molecule has 82 valence electrons. The highest BCUT2D eigenvalue weighted by molar-refractivity contribution is 7.22. The lowest BCUT2D eigenvalue weighted by Crippen LogP contribution is -1.88. The average molecular weight is 239 g/mol. The van der Waals surface area contributed by atoms with Crippen molar-refractivity contribution in [3.8, 4) is 16.6 Å². The molecule has 0 saturated heterocycles. The predicted octanol–water partition coefficient (Wildman–Crippen LogP) is 3.17. The zero-order valence-corrected chi connectivity index (χ0v) is 10.0. The maximum absolute atomic E-state index is 9.31. The fourth-order valence-corrected chi connectivity index (χ4v) is 3.08. The Morgan fingerprint density at radius 1 is 1.35 bits per heavy atom. The van der Waals surface area contributed by atoms with Gasteiger partial charge in [0.2, 0.25) is 0 Å². The van der Waals surface area contributed by atoms with Crippen LogP contribution in [0.25, 0.3) is 20.8 Å². The first-order valence-corrected chi connectivity index (χ1v) is 6.02. The maximum atomic E-state index is 9.31. The van der Waals surface area contributed by atoms with E-state index in [0.717, 1.165) is 26.4 Å². The van der Waals surface area contributed by atoms with Gasteiger partial charge in [0.05, 0.1) is 16.1 Å². The van der Waals surface area contributed by atoms with Gasteiger partial charge in [-0.3, -0.25) is 0 Å². The fourth-order valence-electron chi connectivity index (χ4n) is 1.92. The van der Waals surface area contributed by atoms with Crippen LogP contribution in [0.5, 0.6) is 0 Å². The molecule has 0 spiro atoms. The molecule has 3 rings (SSSR count). The quantitative estimate of drug-likeness (QED) is 0.654. The third-order valence-corrected chi connectivity index (χ3v) is 3.89. The Labute approximate surface area is 103 Å². The molecule has 0 radical (unpaired) electrons. The summed E-state index contributed by atoms with van der Waals surface area (Å²) in [5.74, 6) is 0. The van der Waals surface area contributed by atoms with Gasteiger partial charge in [0.25, 0.3) is 0 Å². The van der Waals surface area contributed by atoms with Crippen molar-refractivity contribution in [2.24, 2.45) is 7.05 Å². The van der Waals surface area contributed by atoms with Crippen LogP contribution in [0.4, 0.5) is 0 Å². The number of hydrogen-bond acceptors (Lipinski definition) is 3. The van der Waals surface area contributed by atoms with Crippen molar-refractivity contribution in [2.45, 2.75) is 0 Å². The van der Waals surface area contributed by atoms with E-state index in [1.54, 1.807) is 17.5 Å². The molecule has 0 atom stereocenters. The lowest BCUT2D eigenvalue weighted by Gasteiger charge is -1.99. The van der Waals surface area contributed by atoms with Gasteiger partial charge in [-0.15, -0.1) is 11.3 Å². The summed E-state index contributed by atoms with van der Waals surface area (Å²) in [6.45, 7) is 0. The Hall–Kier alpha value is -2.12. The molecule has 3 aromatic rings. The van der Waals surface area contributed by atoms with Crippen LogP contribution >= 0.6 is 11.3 Å². The van der Waals surface area contributed by atoms with Crippen LogP contribution in [0, 0.1) is 11.3 Å². The molecule has 0 aliphatic carbocycles. The summed E-state index contributed by atoms with van der Waals surface area (Å²) < 4.78 is 2.02. The molecular formula is C13H9N3S. The fraction of sp³-hybridized carbons (Fsp3) is 0.0769. The van der Waals surface area contributed by atoms with Crippen LogP contribution in [0.2, 0.25) is 0 Å². The van der Waals surface area contributed by atoms with Crippen molar-refractivity contribution in [2.75, 3.05) is 0 Å². The van der Waals surface area contributed by atoms with E-state index in [1.165, 1.54) is 0 Å². The highest BCUT2D eigenvalue weighted by Crippen LogP contribution is 2.36. The van der Waals surface area contributed by atoms with Gasteiger partial charge in [-0.05, 0) is 24.3 Å². The van der Waals surface area contributed by atoms with Crippen molar-refractivity contribution >= 4 is 21.6 Å². The van der Waals surface area contributed by atoms with E-state index >= 15 is 0 Å². The van der Waals surface area contributed by atoms with E-state index in [-0.39, 0.29) is 0 Å². The standard InChI is InChI=1S/C13H9N3S/c1-16-7-3-5-11(16)12-10(8-14)9-4-2-6-15-13(9)17-12/h2-7H,1H3. The highest BCUT2D eigenvalue weighted by Gasteiger charge is 2.15. The summed E-state index contributed by atoms with van der Waals surface area (Å²) in [7, 11) is 1.98. The molecule has 0 bridgehead atoms. The third kappa shape index (κ3) is 1.44. The normalized spacial score (nSPS) is 10.6. The van der Waals surface area contributed by atoms with Crippen LogP contribution in [-0.2, 0) is 7.05 Å². The number of aromatic nitrogens is 2. The van der Waals surface area contributed by atoms with Gasteiger partial charge in [-0.2, -0.15) is 5.26 Å². The van der Waals surface area contributed by atoms with Gasteiger partial charge in [0.1, 0.15) is 10.9 Å². The number of rotatable bonds is 1. The minimum Gasteiger partial charge on any atom is -0.350 e. The van der Waals surface area contributed by atoms with Gasteiger partial charge in [-0.1, -0.05) is 0 Å². The van der Waals surface area contributed by atoms with Crippen molar-refractivity contribution in [1.29, 1.82) is 5.26 Å². The van der Waals surface area contributed by atoms with Crippen molar-refractivity contribution in [3.05, 3.63) is 42.2 Å². The van der Waals surface area contributed by atoms with E-state index in [4.69, 9.17) is 0 Å². The zero-order valence-electron chi connectivity index (χ0n) is 9.21. The van der Waals surface area contributed by atoms with Crippen LogP contribution < -0.4 is 0 Å². The molecule has 0 aliphatic rings. The third-order valence-electron chi connectivity index (χ3n) is 2.75. The molecule has 0 fully saturated rings. The molecule has 3 aromatic heterocycles. The van der Waals surface area contributed by atoms with E-state index in [0.29, 0.717) is 0 Å². The molecule has 3 nitrogen and oxygen atoms in total. The SMILES string of the molecule is Cn1cccc1-c1sc2ncccc2c1C#N. The van der Waals surface area contributed by atoms with Crippen molar-refractivity contribution < 1.29 is 0 Å². The number of nitriles is 1. The number of thiophene rings is 1. The summed E-state index contributed by atoms with van der Waals surface area (Å²) in [4.78, 5) is 6.22. The van der Waals surface area contributed by atoms with Gasteiger partial charge in [0.15, 0.2) is 0 Å². The van der Waals surface area contributed by atoms with Crippen molar-refractivity contribution in [3.63, 3.8) is 0 Å². The zero-order chi connectivity index (χ0) is 11.8. The second-order valence-electron chi connectivity index (χ2n) is 3.78. The summed E-state index contributed by atoms with van der Waals surface area (Å²) in [6, 6.07) is 10.1. The van der Waals surface area contributed by atoms with Gasteiger partial charge in [0, 0.05) is 24.8 Å². The van der Waals surface area contributed by atoms with Gasteiger partial charge in [-0.25, -0.2) is 4.98 Å². The minimum atomic E-state index is 0.722. The number of nitrogens with zero attached hydrogens (tertiary/aromatic N) is 3. The molecule has 4 heteroatoms. The molecule has 0 aromatic carbocycles. The Balaban J connectivity index is 2.38. The Kier molecular flexibility index (Phi) is 2.20. The lowest BCUT2D eigenvalue weighted by atomic mass is 10.1. The van der Waals surface area contributed by atoms with Crippen LogP contribution in [-0.4, -0.2) is 9.55 Å². The van der Waals surface area contributed by atoms with Crippen LogP contribution in [0.15, 0.2) is 36.7 Å². The van der Waals surface area contributed by atoms with Crippen molar-refractivity contribution in [1.82, 2.24) is 9.55 Å². The summed E-state index contributed by atoms with van der Waals surface area (Å²) in [6.07, 6.45) is 3.74. The number of pyridine rings is 1.